The van der Waals surface area contributed by atoms with Crippen LogP contribution in [0.3, 0.4) is 0 Å². The fourth-order valence-corrected chi connectivity index (χ4v) is 3.75. The van der Waals surface area contributed by atoms with E-state index in [0.717, 1.165) is 13.1 Å². The number of ether oxygens (including phenoxy) is 2. The molecule has 1 aliphatic rings. The van der Waals surface area contributed by atoms with E-state index in [1.54, 1.807) is 25.3 Å². The molecule has 1 unspecified atom stereocenters. The molecule has 6 nitrogen and oxygen atoms in total. The maximum absolute atomic E-state index is 12.6. The van der Waals surface area contributed by atoms with E-state index in [9.17, 15) is 4.79 Å². The van der Waals surface area contributed by atoms with E-state index in [1.165, 1.54) is 18.4 Å². The molecule has 0 bridgehead atoms. The van der Waals surface area contributed by atoms with Gasteiger partial charge < -0.3 is 20.1 Å². The first-order chi connectivity index (χ1) is 14.2. The van der Waals surface area contributed by atoms with Crippen LogP contribution in [0.25, 0.3) is 0 Å². The van der Waals surface area contributed by atoms with Gasteiger partial charge in [0, 0.05) is 13.7 Å². The van der Waals surface area contributed by atoms with Crippen LogP contribution < -0.4 is 15.4 Å². The van der Waals surface area contributed by atoms with Crippen molar-refractivity contribution >= 4 is 23.3 Å². The molecule has 2 aromatic carbocycles. The van der Waals surface area contributed by atoms with Crippen LogP contribution in [0.2, 0.25) is 5.02 Å². The smallest absolute Gasteiger partial charge is 0.319 e. The molecule has 1 saturated heterocycles. The topological polar surface area (TPSA) is 62.8 Å². The van der Waals surface area contributed by atoms with E-state index in [0.29, 0.717) is 36.2 Å². The molecule has 0 aromatic heterocycles. The highest BCUT2D eigenvalue weighted by Crippen LogP contribution is 2.33. The largest absolute Gasteiger partial charge is 0.487 e. The second-order valence-electron chi connectivity index (χ2n) is 6.96. The fraction of sp³-hybridized carbons (Fsp3) is 0.409. The molecule has 2 aromatic rings. The van der Waals surface area contributed by atoms with Gasteiger partial charge in [-0.15, -0.1) is 0 Å². The Balaban J connectivity index is 1.63. The number of benzene rings is 2. The quantitative estimate of drug-likeness (QED) is 0.596. The third-order valence-corrected chi connectivity index (χ3v) is 5.27. The highest BCUT2D eigenvalue weighted by molar-refractivity contribution is 6.32. The zero-order valence-electron chi connectivity index (χ0n) is 16.7. The van der Waals surface area contributed by atoms with Crippen LogP contribution in [0.5, 0.6) is 5.75 Å². The van der Waals surface area contributed by atoms with Gasteiger partial charge in [0.25, 0.3) is 0 Å². The molecule has 1 atom stereocenters. The Labute approximate surface area is 177 Å². The third-order valence-electron chi connectivity index (χ3n) is 4.97. The summed E-state index contributed by atoms with van der Waals surface area (Å²) in [5.74, 6) is 0.445. The molecule has 0 spiro atoms. The Bertz CT molecular complexity index is 782. The highest BCUT2D eigenvalue weighted by atomic mass is 35.5. The monoisotopic (exact) mass is 417 g/mol. The Kier molecular flexibility index (Phi) is 8.16. The molecular formula is C22H28ClN3O3. The minimum Gasteiger partial charge on any atom is -0.487 e. The molecule has 0 saturated carbocycles. The third kappa shape index (κ3) is 6.10. The van der Waals surface area contributed by atoms with Gasteiger partial charge in [-0.05, 0) is 43.6 Å². The first kappa shape index (κ1) is 21.4. The lowest BCUT2D eigenvalue weighted by Gasteiger charge is -2.28. The van der Waals surface area contributed by atoms with E-state index in [1.807, 2.05) is 18.2 Å². The number of carbonyl (C=O) groups excluding carboxylic acids is 1. The highest BCUT2D eigenvalue weighted by Gasteiger charge is 2.24. The van der Waals surface area contributed by atoms with Crippen LogP contribution >= 0.6 is 11.6 Å². The number of halogens is 1. The van der Waals surface area contributed by atoms with Gasteiger partial charge >= 0.3 is 6.03 Å². The van der Waals surface area contributed by atoms with E-state index in [-0.39, 0.29) is 12.1 Å². The molecule has 2 amide bonds. The lowest BCUT2D eigenvalue weighted by atomic mass is 10.1. The van der Waals surface area contributed by atoms with E-state index >= 15 is 0 Å². The molecule has 156 valence electrons. The van der Waals surface area contributed by atoms with Crippen molar-refractivity contribution in [2.75, 3.05) is 45.3 Å². The summed E-state index contributed by atoms with van der Waals surface area (Å²) < 4.78 is 10.7. The number of methoxy groups -OCH3 is 1. The van der Waals surface area contributed by atoms with E-state index < -0.39 is 0 Å². The summed E-state index contributed by atoms with van der Waals surface area (Å²) in [5.41, 5.74) is 1.74. The summed E-state index contributed by atoms with van der Waals surface area (Å²) in [4.78, 5) is 15.0. The Morgan fingerprint density at radius 1 is 1.10 bits per heavy atom. The second kappa shape index (κ2) is 11.0. The fourth-order valence-electron chi connectivity index (χ4n) is 3.52. The van der Waals surface area contributed by atoms with Crippen molar-refractivity contribution in [3.63, 3.8) is 0 Å². The van der Waals surface area contributed by atoms with Gasteiger partial charge in [-0.25, -0.2) is 4.79 Å². The predicted octanol–water partition coefficient (Wildman–Crippen LogP) is 4.32. The number of nitrogens with zero attached hydrogens (tertiary/aromatic N) is 1. The zero-order chi connectivity index (χ0) is 20.5. The minimum atomic E-state index is -0.288. The summed E-state index contributed by atoms with van der Waals surface area (Å²) in [7, 11) is 1.60. The van der Waals surface area contributed by atoms with Crippen LogP contribution in [0.1, 0.15) is 24.4 Å². The number of amides is 2. The number of hydrogen-bond donors (Lipinski definition) is 2. The SMILES string of the molecule is COCCOc1c(Cl)cccc1NC(=O)NCC(c1ccccc1)N1CCCC1. The van der Waals surface area contributed by atoms with Gasteiger partial charge in [-0.1, -0.05) is 48.0 Å². The summed E-state index contributed by atoms with van der Waals surface area (Å²) in [6.07, 6.45) is 2.39. The molecule has 1 aliphatic heterocycles. The number of urea groups is 1. The Morgan fingerprint density at radius 3 is 2.59 bits per heavy atom. The van der Waals surface area contributed by atoms with Crippen LogP contribution in [0.15, 0.2) is 48.5 Å². The van der Waals surface area contributed by atoms with Gasteiger partial charge in [-0.2, -0.15) is 0 Å². The lowest BCUT2D eigenvalue weighted by molar-refractivity contribution is 0.146. The summed E-state index contributed by atoms with van der Waals surface area (Å²) in [6, 6.07) is 15.4. The molecular weight excluding hydrogens is 390 g/mol. The van der Waals surface area contributed by atoms with Crippen LogP contribution in [0, 0.1) is 0 Å². The van der Waals surface area contributed by atoms with Crippen molar-refractivity contribution in [2.24, 2.45) is 0 Å². The van der Waals surface area contributed by atoms with Crippen molar-refractivity contribution in [3.05, 3.63) is 59.1 Å². The summed E-state index contributed by atoms with van der Waals surface area (Å²) in [5, 5.41) is 6.31. The number of para-hydroxylation sites is 1. The Hall–Kier alpha value is -2.28. The molecule has 2 N–H and O–H groups in total. The molecule has 29 heavy (non-hydrogen) atoms. The lowest BCUT2D eigenvalue weighted by Crippen LogP contribution is -2.38. The average molecular weight is 418 g/mol. The second-order valence-corrected chi connectivity index (χ2v) is 7.37. The molecule has 7 heteroatoms. The molecule has 3 rings (SSSR count). The summed E-state index contributed by atoms with van der Waals surface area (Å²) in [6.45, 7) is 3.41. The van der Waals surface area contributed by atoms with Crippen molar-refractivity contribution < 1.29 is 14.3 Å². The number of likely N-dealkylation sites (tertiary alicyclic amines) is 1. The maximum Gasteiger partial charge on any atom is 0.319 e. The molecule has 1 fully saturated rings. The standard InChI is InChI=1S/C22H28ClN3O3/c1-28-14-15-29-21-18(23)10-7-11-19(21)25-22(27)24-16-20(26-12-5-6-13-26)17-8-3-2-4-9-17/h2-4,7-11,20H,5-6,12-16H2,1H3,(H2,24,25,27). The average Bonchev–Trinajstić information content (AvgIpc) is 3.26. The first-order valence-electron chi connectivity index (χ1n) is 9.93. The van der Waals surface area contributed by atoms with Crippen molar-refractivity contribution in [2.45, 2.75) is 18.9 Å². The predicted molar refractivity (Wildman–Crippen MR) is 116 cm³/mol. The van der Waals surface area contributed by atoms with Gasteiger partial charge in [0.1, 0.15) is 6.61 Å². The van der Waals surface area contributed by atoms with Gasteiger partial charge in [0.05, 0.1) is 23.4 Å². The van der Waals surface area contributed by atoms with Gasteiger partial charge in [0.15, 0.2) is 5.75 Å². The van der Waals surface area contributed by atoms with Crippen molar-refractivity contribution in [3.8, 4) is 5.75 Å². The van der Waals surface area contributed by atoms with Crippen LogP contribution in [-0.4, -0.2) is 50.9 Å². The first-order valence-corrected chi connectivity index (χ1v) is 10.3. The van der Waals surface area contributed by atoms with Crippen LogP contribution in [-0.2, 0) is 4.74 Å². The van der Waals surface area contributed by atoms with Crippen LogP contribution in [0.4, 0.5) is 10.5 Å². The zero-order valence-corrected chi connectivity index (χ0v) is 17.5. The Morgan fingerprint density at radius 2 is 1.86 bits per heavy atom. The van der Waals surface area contributed by atoms with Gasteiger partial charge in [0.2, 0.25) is 0 Å². The number of carbonyl (C=O) groups is 1. The molecule has 1 heterocycles. The molecule has 0 radical (unpaired) electrons. The molecule has 0 aliphatic carbocycles. The number of rotatable bonds is 9. The number of hydrogen-bond acceptors (Lipinski definition) is 4. The van der Waals surface area contributed by atoms with E-state index in [2.05, 4.69) is 27.7 Å². The normalized spacial score (nSPS) is 15.1. The number of anilines is 1. The minimum absolute atomic E-state index is 0.154. The van der Waals surface area contributed by atoms with Crippen molar-refractivity contribution in [1.82, 2.24) is 10.2 Å². The van der Waals surface area contributed by atoms with Gasteiger partial charge in [-0.3, -0.25) is 4.90 Å². The number of nitrogens with one attached hydrogen (secondary N) is 2. The van der Waals surface area contributed by atoms with Crippen molar-refractivity contribution in [1.29, 1.82) is 0 Å². The summed E-state index contributed by atoms with van der Waals surface area (Å²) >= 11 is 6.24. The maximum atomic E-state index is 12.6. The van der Waals surface area contributed by atoms with E-state index in [4.69, 9.17) is 21.1 Å².